The molecule has 9 heteroatoms. The Balaban J connectivity index is 1.68. The van der Waals surface area contributed by atoms with Crippen molar-refractivity contribution in [2.75, 3.05) is 27.3 Å². The van der Waals surface area contributed by atoms with Gasteiger partial charge in [-0.2, -0.15) is 9.78 Å². The number of rotatable bonds is 6. The topological polar surface area (TPSA) is 82.3 Å². The number of benzene rings is 2. The summed E-state index contributed by atoms with van der Waals surface area (Å²) >= 11 is 0. The van der Waals surface area contributed by atoms with Gasteiger partial charge in [-0.1, -0.05) is 6.07 Å². The molecule has 0 bridgehead atoms. The van der Waals surface area contributed by atoms with E-state index in [4.69, 9.17) is 9.47 Å². The van der Waals surface area contributed by atoms with E-state index in [1.165, 1.54) is 28.5 Å². The summed E-state index contributed by atoms with van der Waals surface area (Å²) in [6.07, 6.45) is 0. The lowest BCUT2D eigenvalue weighted by Gasteiger charge is -2.14. The fraction of sp³-hybridized carbons (Fsp3) is 0.333. The molecule has 8 nitrogen and oxygen atoms in total. The second-order valence-corrected chi connectivity index (χ2v) is 7.21. The van der Waals surface area contributed by atoms with Crippen LogP contribution in [0.15, 0.2) is 41.2 Å². The lowest BCUT2D eigenvalue weighted by atomic mass is 9.99. The number of ether oxygens (including phenoxy) is 2. The predicted octanol–water partition coefficient (Wildman–Crippen LogP) is 1.74. The molecule has 158 valence electrons. The smallest absolute Gasteiger partial charge is 0.351 e. The number of hydrazine groups is 1. The third-order valence-corrected chi connectivity index (χ3v) is 5.28. The maximum atomic E-state index is 13.8. The van der Waals surface area contributed by atoms with Crippen molar-refractivity contribution >= 4 is 0 Å². The number of aromatic nitrogens is 3. The van der Waals surface area contributed by atoms with E-state index in [-0.39, 0.29) is 18.2 Å². The molecule has 0 atom stereocenters. The van der Waals surface area contributed by atoms with Gasteiger partial charge in [0, 0.05) is 31.1 Å². The molecule has 0 unspecified atom stereocenters. The SMILES string of the molecule is COc1cc(F)cc(Cn2c(C)nn(-c3ccc(C4CNNC4)c(OC)c3)c2=O)c1. The second-order valence-electron chi connectivity index (χ2n) is 7.21. The Hall–Kier alpha value is -3.17. The van der Waals surface area contributed by atoms with Crippen molar-refractivity contribution < 1.29 is 13.9 Å². The van der Waals surface area contributed by atoms with Crippen molar-refractivity contribution in [3.8, 4) is 17.2 Å². The highest BCUT2D eigenvalue weighted by Gasteiger charge is 2.21. The van der Waals surface area contributed by atoms with Gasteiger partial charge in [-0.05, 0) is 36.2 Å². The minimum atomic E-state index is -0.418. The van der Waals surface area contributed by atoms with Crippen LogP contribution in [0.5, 0.6) is 11.5 Å². The molecule has 4 rings (SSSR count). The summed E-state index contributed by atoms with van der Waals surface area (Å²) < 4.78 is 27.3. The lowest BCUT2D eigenvalue weighted by molar-refractivity contribution is 0.406. The molecule has 0 amide bonds. The normalized spacial score (nSPS) is 14.3. The van der Waals surface area contributed by atoms with E-state index in [0.717, 1.165) is 18.7 Å². The van der Waals surface area contributed by atoms with Crippen molar-refractivity contribution in [3.05, 3.63) is 69.7 Å². The molecule has 3 aromatic rings. The monoisotopic (exact) mass is 413 g/mol. The molecule has 1 aliphatic heterocycles. The molecule has 0 aliphatic carbocycles. The molecule has 1 fully saturated rings. The maximum Gasteiger partial charge on any atom is 0.351 e. The van der Waals surface area contributed by atoms with Crippen LogP contribution in [-0.4, -0.2) is 41.7 Å². The Kier molecular flexibility index (Phi) is 5.56. The molecule has 2 aromatic carbocycles. The summed E-state index contributed by atoms with van der Waals surface area (Å²) in [5.41, 5.74) is 8.20. The van der Waals surface area contributed by atoms with Crippen LogP contribution in [-0.2, 0) is 6.54 Å². The Morgan fingerprint density at radius 2 is 1.90 bits per heavy atom. The van der Waals surface area contributed by atoms with Gasteiger partial charge >= 0.3 is 5.69 Å². The molecule has 2 N–H and O–H groups in total. The fourth-order valence-electron chi connectivity index (χ4n) is 3.71. The molecule has 0 radical (unpaired) electrons. The van der Waals surface area contributed by atoms with Gasteiger partial charge in [0.05, 0.1) is 26.5 Å². The number of aryl methyl sites for hydroxylation is 1. The van der Waals surface area contributed by atoms with Crippen LogP contribution >= 0.6 is 0 Å². The van der Waals surface area contributed by atoms with Gasteiger partial charge in [0.25, 0.3) is 0 Å². The Labute approximate surface area is 173 Å². The minimum Gasteiger partial charge on any atom is -0.497 e. The number of nitrogens with one attached hydrogen (secondary N) is 2. The molecule has 30 heavy (non-hydrogen) atoms. The molecule has 0 saturated carbocycles. The Morgan fingerprint density at radius 3 is 2.60 bits per heavy atom. The van der Waals surface area contributed by atoms with E-state index in [1.54, 1.807) is 20.1 Å². The number of nitrogens with zero attached hydrogens (tertiary/aromatic N) is 3. The third kappa shape index (κ3) is 3.81. The van der Waals surface area contributed by atoms with Gasteiger partial charge in [-0.15, -0.1) is 0 Å². The highest BCUT2D eigenvalue weighted by molar-refractivity contribution is 5.46. The zero-order valence-electron chi connectivity index (χ0n) is 17.1. The van der Waals surface area contributed by atoms with Crippen molar-refractivity contribution in [1.82, 2.24) is 25.2 Å². The zero-order valence-corrected chi connectivity index (χ0v) is 17.1. The van der Waals surface area contributed by atoms with Gasteiger partial charge in [-0.3, -0.25) is 15.4 Å². The molecule has 1 saturated heterocycles. The average molecular weight is 413 g/mol. The number of hydrogen-bond donors (Lipinski definition) is 2. The third-order valence-electron chi connectivity index (χ3n) is 5.28. The first kappa shape index (κ1) is 20.1. The van der Waals surface area contributed by atoms with Crippen molar-refractivity contribution in [1.29, 1.82) is 0 Å². The van der Waals surface area contributed by atoms with E-state index in [2.05, 4.69) is 16.0 Å². The van der Waals surface area contributed by atoms with E-state index in [0.29, 0.717) is 28.6 Å². The Morgan fingerprint density at radius 1 is 1.13 bits per heavy atom. The molecule has 1 aliphatic rings. The Bertz CT molecular complexity index is 1120. The molecule has 2 heterocycles. The number of methoxy groups -OCH3 is 2. The molecule has 0 spiro atoms. The largest absolute Gasteiger partial charge is 0.497 e. The van der Waals surface area contributed by atoms with Gasteiger partial charge in [-0.25, -0.2) is 9.18 Å². The summed E-state index contributed by atoms with van der Waals surface area (Å²) in [6, 6.07) is 10.0. The van der Waals surface area contributed by atoms with Crippen molar-refractivity contribution in [2.24, 2.45) is 0 Å². The van der Waals surface area contributed by atoms with E-state index in [1.807, 2.05) is 18.2 Å². The molecule has 1 aromatic heterocycles. The van der Waals surface area contributed by atoms with Crippen LogP contribution in [0.3, 0.4) is 0 Å². The van der Waals surface area contributed by atoms with Gasteiger partial charge in [0.15, 0.2) is 0 Å². The summed E-state index contributed by atoms with van der Waals surface area (Å²) in [4.78, 5) is 13.1. The molecular formula is C21H24FN5O3. The maximum absolute atomic E-state index is 13.8. The van der Waals surface area contributed by atoms with Gasteiger partial charge in [0.2, 0.25) is 0 Å². The average Bonchev–Trinajstić information content (AvgIpc) is 3.37. The van der Waals surface area contributed by atoms with Crippen LogP contribution < -0.4 is 26.0 Å². The molecular weight excluding hydrogens is 389 g/mol. The summed E-state index contributed by atoms with van der Waals surface area (Å²) in [7, 11) is 3.09. The number of hydrogen-bond acceptors (Lipinski definition) is 6. The predicted molar refractivity (Wildman–Crippen MR) is 110 cm³/mol. The van der Waals surface area contributed by atoms with Crippen LogP contribution in [0, 0.1) is 12.7 Å². The second kappa shape index (κ2) is 8.29. The van der Waals surface area contributed by atoms with Crippen LogP contribution in [0.2, 0.25) is 0 Å². The summed E-state index contributed by atoms with van der Waals surface area (Å²) in [5, 5.41) is 4.41. The minimum absolute atomic E-state index is 0.188. The van der Waals surface area contributed by atoms with E-state index in [9.17, 15) is 9.18 Å². The van der Waals surface area contributed by atoms with Crippen LogP contribution in [0.4, 0.5) is 4.39 Å². The van der Waals surface area contributed by atoms with E-state index < -0.39 is 5.82 Å². The van der Waals surface area contributed by atoms with Crippen molar-refractivity contribution in [3.63, 3.8) is 0 Å². The fourth-order valence-corrected chi connectivity index (χ4v) is 3.71. The number of halogens is 1. The van der Waals surface area contributed by atoms with E-state index >= 15 is 0 Å². The van der Waals surface area contributed by atoms with Gasteiger partial charge in [0.1, 0.15) is 23.1 Å². The first-order valence-electron chi connectivity index (χ1n) is 9.64. The van der Waals surface area contributed by atoms with Crippen LogP contribution in [0.1, 0.15) is 22.9 Å². The highest BCUT2D eigenvalue weighted by Crippen LogP contribution is 2.29. The van der Waals surface area contributed by atoms with Crippen LogP contribution in [0.25, 0.3) is 5.69 Å². The van der Waals surface area contributed by atoms with Gasteiger partial charge < -0.3 is 9.47 Å². The zero-order chi connectivity index (χ0) is 21.3. The standard InChI is InChI=1S/C21H24FN5O3/c1-13-25-27(17-4-5-19(20(9-17)30-3)15-10-23-24-11-15)21(28)26(13)12-14-6-16(22)8-18(7-14)29-2/h4-9,15,23-24H,10-12H2,1-3H3. The highest BCUT2D eigenvalue weighted by atomic mass is 19.1. The first-order valence-corrected chi connectivity index (χ1v) is 9.64. The van der Waals surface area contributed by atoms with Crippen molar-refractivity contribution in [2.45, 2.75) is 19.4 Å². The summed E-state index contributed by atoms with van der Waals surface area (Å²) in [6.45, 7) is 3.55. The summed E-state index contributed by atoms with van der Waals surface area (Å²) in [5.74, 6) is 1.50. The lowest BCUT2D eigenvalue weighted by Crippen LogP contribution is -2.25. The first-order chi connectivity index (χ1) is 14.5. The quantitative estimate of drug-likeness (QED) is 0.641.